The van der Waals surface area contributed by atoms with Gasteiger partial charge in [0.2, 0.25) is 0 Å². The standard InChI is InChI=1S/C20H21N2P.Ru/c1-3-10-19(11-4-1)23(20-12-5-2-6-13-20)16-15-21-17-18-9-7-8-14-22-18;/h1-14,21H,15-17H2;/q;+2. The van der Waals surface area contributed by atoms with Crippen LogP contribution in [0.4, 0.5) is 0 Å². The van der Waals surface area contributed by atoms with E-state index in [-0.39, 0.29) is 27.4 Å². The van der Waals surface area contributed by atoms with E-state index in [9.17, 15) is 0 Å². The first kappa shape index (κ1) is 18.9. The van der Waals surface area contributed by atoms with E-state index in [0.29, 0.717) is 0 Å². The van der Waals surface area contributed by atoms with Crippen molar-refractivity contribution in [2.75, 3.05) is 12.7 Å². The predicted octanol–water partition coefficient (Wildman–Crippen LogP) is 3.30. The van der Waals surface area contributed by atoms with Crippen LogP contribution in [0.2, 0.25) is 0 Å². The molecule has 0 spiro atoms. The Morgan fingerprint density at radius 2 is 1.33 bits per heavy atom. The van der Waals surface area contributed by atoms with E-state index >= 15 is 0 Å². The van der Waals surface area contributed by atoms with Crippen LogP contribution in [-0.2, 0) is 26.0 Å². The van der Waals surface area contributed by atoms with Gasteiger partial charge in [-0.15, -0.1) is 0 Å². The predicted molar refractivity (Wildman–Crippen MR) is 99.9 cm³/mol. The fourth-order valence-corrected chi connectivity index (χ4v) is 4.79. The molecule has 0 bridgehead atoms. The summed E-state index contributed by atoms with van der Waals surface area (Å²) in [5, 5.41) is 6.40. The molecule has 4 heteroatoms. The van der Waals surface area contributed by atoms with Crippen molar-refractivity contribution in [1.29, 1.82) is 0 Å². The molecule has 3 aromatic rings. The number of hydrogen-bond acceptors (Lipinski definition) is 2. The number of aromatic nitrogens is 1. The number of nitrogens with zero attached hydrogens (tertiary/aromatic N) is 1. The van der Waals surface area contributed by atoms with Crippen molar-refractivity contribution in [2.45, 2.75) is 6.54 Å². The molecule has 1 aromatic heterocycles. The summed E-state index contributed by atoms with van der Waals surface area (Å²) in [5.41, 5.74) is 1.09. The van der Waals surface area contributed by atoms with Crippen molar-refractivity contribution in [3.8, 4) is 0 Å². The molecule has 0 fully saturated rings. The molecule has 0 atom stereocenters. The van der Waals surface area contributed by atoms with Gasteiger partial charge in [0.15, 0.2) is 0 Å². The molecule has 2 aromatic carbocycles. The van der Waals surface area contributed by atoms with E-state index in [0.717, 1.165) is 24.9 Å². The van der Waals surface area contributed by atoms with Crippen LogP contribution in [0.15, 0.2) is 85.1 Å². The quantitative estimate of drug-likeness (QED) is 0.360. The molecule has 3 rings (SSSR count). The molecule has 0 radical (unpaired) electrons. The van der Waals surface area contributed by atoms with Crippen LogP contribution in [-0.4, -0.2) is 17.7 Å². The first-order valence-corrected chi connectivity index (χ1v) is 9.44. The minimum Gasteiger partial charge on any atom is -0.311 e. The molecule has 24 heavy (non-hydrogen) atoms. The van der Waals surface area contributed by atoms with Gasteiger partial charge in [0.25, 0.3) is 0 Å². The van der Waals surface area contributed by atoms with Crippen LogP contribution >= 0.6 is 7.92 Å². The van der Waals surface area contributed by atoms with Gasteiger partial charge in [-0.2, -0.15) is 0 Å². The van der Waals surface area contributed by atoms with Crippen LogP contribution in [0.5, 0.6) is 0 Å². The number of rotatable bonds is 7. The fraction of sp³-hybridized carbons (Fsp3) is 0.150. The average Bonchev–Trinajstić information content (AvgIpc) is 2.64. The van der Waals surface area contributed by atoms with Gasteiger partial charge in [-0.25, -0.2) is 0 Å². The number of benzene rings is 2. The van der Waals surface area contributed by atoms with E-state index in [1.54, 1.807) is 0 Å². The molecule has 2 nitrogen and oxygen atoms in total. The Kier molecular flexibility index (Phi) is 8.26. The smallest absolute Gasteiger partial charge is 0.311 e. The van der Waals surface area contributed by atoms with Gasteiger partial charge in [-0.3, -0.25) is 4.98 Å². The van der Waals surface area contributed by atoms with E-state index < -0.39 is 0 Å². The number of nitrogens with one attached hydrogen (secondary N) is 1. The van der Waals surface area contributed by atoms with Crippen LogP contribution in [0.3, 0.4) is 0 Å². The minimum absolute atomic E-state index is 0. The summed E-state index contributed by atoms with van der Waals surface area (Å²) < 4.78 is 0. The molecular formula is C20H21N2PRu+2. The van der Waals surface area contributed by atoms with Crippen LogP contribution < -0.4 is 15.9 Å². The molecule has 0 unspecified atom stereocenters. The normalized spacial score (nSPS) is 10.4. The molecule has 0 aliphatic carbocycles. The van der Waals surface area contributed by atoms with Crippen molar-refractivity contribution >= 4 is 18.5 Å². The van der Waals surface area contributed by atoms with Gasteiger partial charge >= 0.3 is 19.5 Å². The van der Waals surface area contributed by atoms with Crippen LogP contribution in [0.1, 0.15) is 5.69 Å². The molecular weight excluding hydrogens is 400 g/mol. The first-order chi connectivity index (χ1) is 11.4. The molecule has 1 heterocycles. The minimum atomic E-state index is -0.314. The van der Waals surface area contributed by atoms with E-state index in [1.807, 2.05) is 18.3 Å². The van der Waals surface area contributed by atoms with Gasteiger partial charge in [-0.05, 0) is 36.8 Å². The molecule has 0 amide bonds. The molecule has 0 saturated heterocycles. The zero-order chi connectivity index (χ0) is 15.7. The Labute approximate surface area is 158 Å². The molecule has 0 aliphatic rings. The van der Waals surface area contributed by atoms with Gasteiger partial charge in [-0.1, -0.05) is 66.7 Å². The third-order valence-corrected chi connectivity index (χ3v) is 6.19. The van der Waals surface area contributed by atoms with E-state index in [2.05, 4.69) is 77.0 Å². The summed E-state index contributed by atoms with van der Waals surface area (Å²) in [4.78, 5) is 4.35. The summed E-state index contributed by atoms with van der Waals surface area (Å²) in [5.74, 6) is 0. The Morgan fingerprint density at radius 3 is 1.88 bits per heavy atom. The zero-order valence-corrected chi connectivity index (χ0v) is 16.1. The SMILES string of the molecule is [Ru+2].c1ccc(P(CCNCc2ccccn2)c2ccccc2)cc1. The summed E-state index contributed by atoms with van der Waals surface area (Å²) in [7, 11) is -0.314. The van der Waals surface area contributed by atoms with Gasteiger partial charge in [0, 0.05) is 19.3 Å². The van der Waals surface area contributed by atoms with E-state index in [1.165, 1.54) is 10.6 Å². The second-order valence-corrected chi connectivity index (χ2v) is 7.66. The second kappa shape index (κ2) is 10.5. The van der Waals surface area contributed by atoms with E-state index in [4.69, 9.17) is 0 Å². The summed E-state index contributed by atoms with van der Waals surface area (Å²) in [6, 6.07) is 27.7. The molecule has 1 N–H and O–H groups in total. The second-order valence-electron chi connectivity index (χ2n) is 5.32. The maximum Gasteiger partial charge on any atom is 2.00 e. The number of pyridine rings is 1. The monoisotopic (exact) mass is 422 g/mol. The van der Waals surface area contributed by atoms with Crippen molar-refractivity contribution in [3.63, 3.8) is 0 Å². The zero-order valence-electron chi connectivity index (χ0n) is 13.5. The number of hydrogen-bond donors (Lipinski definition) is 1. The molecule has 0 saturated carbocycles. The van der Waals surface area contributed by atoms with Crippen molar-refractivity contribution in [2.24, 2.45) is 0 Å². The van der Waals surface area contributed by atoms with Crippen molar-refractivity contribution < 1.29 is 19.5 Å². The Morgan fingerprint density at radius 1 is 0.750 bits per heavy atom. The summed E-state index contributed by atoms with van der Waals surface area (Å²) in [6.07, 6.45) is 2.98. The topological polar surface area (TPSA) is 24.9 Å². The first-order valence-electron chi connectivity index (χ1n) is 7.92. The molecule has 0 aliphatic heterocycles. The third kappa shape index (κ3) is 5.60. The van der Waals surface area contributed by atoms with Gasteiger partial charge in [0.1, 0.15) is 0 Å². The summed E-state index contributed by atoms with van der Waals surface area (Å²) >= 11 is 0. The summed E-state index contributed by atoms with van der Waals surface area (Å²) in [6.45, 7) is 1.82. The van der Waals surface area contributed by atoms with Crippen LogP contribution in [0, 0.1) is 0 Å². The Balaban J connectivity index is 0.00000208. The van der Waals surface area contributed by atoms with Crippen molar-refractivity contribution in [1.82, 2.24) is 10.3 Å². The fourth-order valence-electron chi connectivity index (χ4n) is 2.53. The van der Waals surface area contributed by atoms with Crippen LogP contribution in [0.25, 0.3) is 0 Å². The average molecular weight is 421 g/mol. The largest absolute Gasteiger partial charge is 2.00 e. The maximum atomic E-state index is 4.35. The molecule has 122 valence electrons. The van der Waals surface area contributed by atoms with Gasteiger partial charge < -0.3 is 5.32 Å². The Bertz CT molecular complexity index is 653. The van der Waals surface area contributed by atoms with Crippen molar-refractivity contribution in [3.05, 3.63) is 90.8 Å². The van der Waals surface area contributed by atoms with Gasteiger partial charge in [0.05, 0.1) is 5.69 Å². The Hall–Kier alpha value is -1.40. The third-order valence-electron chi connectivity index (χ3n) is 3.68. The maximum absolute atomic E-state index is 4.35.